The molecule has 0 fully saturated rings. The van der Waals surface area contributed by atoms with Gasteiger partial charge in [-0.15, -0.1) is 0 Å². The van der Waals surface area contributed by atoms with E-state index in [1.54, 1.807) is 25.1 Å². The van der Waals surface area contributed by atoms with Gasteiger partial charge >= 0.3 is 0 Å². The van der Waals surface area contributed by atoms with Crippen molar-refractivity contribution in [2.24, 2.45) is 5.92 Å². The lowest BCUT2D eigenvalue weighted by atomic mass is 10.0. The minimum absolute atomic E-state index is 0.0360. The Balaban J connectivity index is 1.85. The molecule has 0 bridgehead atoms. The van der Waals surface area contributed by atoms with E-state index in [2.05, 4.69) is 41.7 Å². The van der Waals surface area contributed by atoms with Crippen molar-refractivity contribution in [2.45, 2.75) is 20.8 Å². The van der Waals surface area contributed by atoms with Crippen molar-refractivity contribution in [2.75, 3.05) is 31.1 Å². The van der Waals surface area contributed by atoms with E-state index >= 15 is 0 Å². The van der Waals surface area contributed by atoms with Crippen molar-refractivity contribution in [3.05, 3.63) is 59.2 Å². The predicted molar refractivity (Wildman–Crippen MR) is 132 cm³/mol. The zero-order valence-corrected chi connectivity index (χ0v) is 19.9. The topological polar surface area (TPSA) is 107 Å². The molecular weight excluding hydrogens is 438 g/mol. The molecule has 3 aromatic rings. The van der Waals surface area contributed by atoms with Crippen LogP contribution in [0.2, 0.25) is 0 Å². The van der Waals surface area contributed by atoms with Crippen LogP contribution >= 0.6 is 0 Å². The van der Waals surface area contributed by atoms with Crippen LogP contribution in [0.1, 0.15) is 26.5 Å². The van der Waals surface area contributed by atoms with Crippen molar-refractivity contribution in [3.8, 4) is 17.4 Å². The van der Waals surface area contributed by atoms with Gasteiger partial charge in [0.15, 0.2) is 4.91 Å². The molecule has 0 saturated heterocycles. The van der Waals surface area contributed by atoms with Crippen LogP contribution in [0, 0.1) is 17.2 Å². The molecule has 1 atom stereocenters. The summed E-state index contributed by atoms with van der Waals surface area (Å²) in [6.07, 6.45) is 1.20. The summed E-state index contributed by atoms with van der Waals surface area (Å²) < 4.78 is 33.0. The third kappa shape index (κ3) is 5.82. The second kappa shape index (κ2) is 10.7. The van der Waals surface area contributed by atoms with Crippen LogP contribution in [0.5, 0.6) is 0 Å². The molecule has 174 valence electrons. The Morgan fingerprint density at radius 2 is 1.85 bits per heavy atom. The molecule has 1 unspecified atom stereocenters. The van der Waals surface area contributed by atoms with Crippen molar-refractivity contribution < 1.29 is 17.9 Å². The molecule has 0 spiro atoms. The highest BCUT2D eigenvalue weighted by Crippen LogP contribution is 2.29. The number of hydrogen-bond acceptors (Lipinski definition) is 6. The number of furan rings is 1. The maximum Gasteiger partial charge on any atom is 0.250 e. The van der Waals surface area contributed by atoms with E-state index in [4.69, 9.17) is 9.52 Å². The number of anilines is 1. The molecule has 0 aliphatic carbocycles. The number of nitriles is 1. The summed E-state index contributed by atoms with van der Waals surface area (Å²) in [5.41, 5.74) is 2.03. The number of allylic oxidation sites excluding steroid dienone is 1. The van der Waals surface area contributed by atoms with E-state index in [0.717, 1.165) is 29.4 Å². The molecule has 2 N–H and O–H groups in total. The highest BCUT2D eigenvalue weighted by Gasteiger charge is 2.19. The van der Waals surface area contributed by atoms with Crippen LogP contribution in [0.25, 0.3) is 28.2 Å². The summed E-state index contributed by atoms with van der Waals surface area (Å²) >= 11 is 0. The molecule has 33 heavy (non-hydrogen) atoms. The molecule has 0 aliphatic rings. The van der Waals surface area contributed by atoms with Gasteiger partial charge in [-0.2, -0.15) is 5.26 Å². The number of aliphatic hydroxyl groups excluding tert-OH is 1. The number of hydrogen-bond donors (Lipinski definition) is 2. The quantitative estimate of drug-likeness (QED) is 0.429. The molecule has 3 rings (SSSR count). The van der Waals surface area contributed by atoms with Crippen molar-refractivity contribution in [1.29, 1.82) is 5.26 Å². The molecule has 1 heterocycles. The van der Waals surface area contributed by atoms with Crippen molar-refractivity contribution in [1.82, 2.24) is 4.72 Å². The van der Waals surface area contributed by atoms with Crippen LogP contribution in [0.15, 0.2) is 57.9 Å². The van der Waals surface area contributed by atoms with Crippen LogP contribution in [-0.4, -0.2) is 39.8 Å². The summed E-state index contributed by atoms with van der Waals surface area (Å²) in [6, 6.07) is 17.5. The van der Waals surface area contributed by atoms with E-state index in [-0.39, 0.29) is 24.8 Å². The van der Waals surface area contributed by atoms with E-state index in [9.17, 15) is 13.7 Å². The highest BCUT2D eigenvalue weighted by molar-refractivity contribution is 7.93. The fourth-order valence-electron chi connectivity index (χ4n) is 3.45. The average molecular weight is 468 g/mol. The van der Waals surface area contributed by atoms with Crippen LogP contribution < -0.4 is 9.62 Å². The normalized spacial score (nSPS) is 13.1. The maximum atomic E-state index is 12.4. The average Bonchev–Trinajstić information content (AvgIpc) is 3.30. The first-order valence-corrected chi connectivity index (χ1v) is 12.4. The number of sulfonamides is 1. The summed E-state index contributed by atoms with van der Waals surface area (Å²) in [7, 11) is -4.00. The summed E-state index contributed by atoms with van der Waals surface area (Å²) in [4.78, 5) is 1.84. The predicted octanol–water partition coefficient (Wildman–Crippen LogP) is 4.36. The molecule has 0 saturated carbocycles. The minimum atomic E-state index is -4.00. The van der Waals surface area contributed by atoms with E-state index < -0.39 is 14.9 Å². The Hall–Kier alpha value is -3.12. The van der Waals surface area contributed by atoms with E-state index in [0.29, 0.717) is 5.76 Å². The largest absolute Gasteiger partial charge is 0.457 e. The summed E-state index contributed by atoms with van der Waals surface area (Å²) in [6.45, 7) is 7.73. The van der Waals surface area contributed by atoms with Crippen LogP contribution in [-0.2, 0) is 10.0 Å². The Bertz CT molecular complexity index is 1280. The number of benzene rings is 2. The molecule has 7 nitrogen and oxygen atoms in total. The van der Waals surface area contributed by atoms with Gasteiger partial charge in [0.05, 0.1) is 0 Å². The lowest BCUT2D eigenvalue weighted by molar-refractivity contribution is 0.239. The number of rotatable bonds is 10. The van der Waals surface area contributed by atoms with Gasteiger partial charge in [0.1, 0.15) is 17.6 Å². The molecular formula is C25H29N3O4S. The number of nitrogens with zero attached hydrogens (tertiary/aromatic N) is 2. The number of nitrogens with one attached hydrogen (secondary N) is 1. The van der Waals surface area contributed by atoms with E-state index in [1.165, 1.54) is 11.8 Å². The van der Waals surface area contributed by atoms with Gasteiger partial charge in [-0.05, 0) is 60.9 Å². The number of fused-ring (bicyclic) bond motifs is 1. The Kier molecular flexibility index (Phi) is 7.92. The van der Waals surface area contributed by atoms with Crippen molar-refractivity contribution >= 4 is 32.6 Å². The first kappa shape index (κ1) is 24.5. The smallest absolute Gasteiger partial charge is 0.250 e. The SMILES string of the molecule is CCN(CC)c1ccc2cc(-c3ccc(/C=C(\C#N)S(=O)(=O)NCC(C)CO)o3)ccc2c1. The molecule has 2 aromatic carbocycles. The monoisotopic (exact) mass is 467 g/mol. The summed E-state index contributed by atoms with van der Waals surface area (Å²) in [5.74, 6) is 0.581. The second-order valence-corrected chi connectivity index (χ2v) is 9.62. The standard InChI is InChI=1S/C25H29N3O4S/c1-4-28(5-2)22-9-8-19-12-21(7-6-20(19)13-22)25-11-10-23(32-25)14-24(15-26)33(30,31)27-16-18(3)17-29/h6-14,18,27,29H,4-5,16-17H2,1-3H3/b24-14+. The first-order valence-electron chi connectivity index (χ1n) is 10.9. The van der Waals surface area contributed by atoms with Gasteiger partial charge in [0, 0.05) is 43.6 Å². The second-order valence-electron chi connectivity index (χ2n) is 7.88. The molecule has 0 aliphatic heterocycles. The van der Waals surface area contributed by atoms with Crippen LogP contribution in [0.3, 0.4) is 0 Å². The zero-order chi connectivity index (χ0) is 24.0. The Morgan fingerprint density at radius 1 is 1.15 bits per heavy atom. The first-order chi connectivity index (χ1) is 15.8. The minimum Gasteiger partial charge on any atom is -0.457 e. The maximum absolute atomic E-state index is 12.4. The Morgan fingerprint density at radius 3 is 2.52 bits per heavy atom. The Labute approximate surface area is 195 Å². The van der Waals surface area contributed by atoms with Gasteiger partial charge in [-0.25, -0.2) is 13.1 Å². The third-order valence-electron chi connectivity index (χ3n) is 5.47. The molecule has 0 amide bonds. The summed E-state index contributed by atoms with van der Waals surface area (Å²) in [5, 5.41) is 20.6. The molecule has 0 radical (unpaired) electrons. The fourth-order valence-corrected chi connectivity index (χ4v) is 4.50. The van der Waals surface area contributed by atoms with Crippen molar-refractivity contribution in [3.63, 3.8) is 0 Å². The van der Waals surface area contributed by atoms with Gasteiger partial charge in [0.25, 0.3) is 10.0 Å². The van der Waals surface area contributed by atoms with Gasteiger partial charge in [-0.3, -0.25) is 0 Å². The lowest BCUT2D eigenvalue weighted by Crippen LogP contribution is -2.30. The van der Waals surface area contributed by atoms with Gasteiger partial charge in [0.2, 0.25) is 0 Å². The van der Waals surface area contributed by atoms with Gasteiger partial charge in [-0.1, -0.05) is 25.1 Å². The molecule has 1 aromatic heterocycles. The lowest BCUT2D eigenvalue weighted by Gasteiger charge is -2.21. The van der Waals surface area contributed by atoms with E-state index in [1.807, 2.05) is 18.2 Å². The van der Waals surface area contributed by atoms with Gasteiger partial charge < -0.3 is 14.4 Å². The zero-order valence-electron chi connectivity index (χ0n) is 19.1. The van der Waals surface area contributed by atoms with Crippen LogP contribution in [0.4, 0.5) is 5.69 Å². The molecule has 8 heteroatoms. The highest BCUT2D eigenvalue weighted by atomic mass is 32.2. The number of aliphatic hydroxyl groups is 1. The fraction of sp³-hybridized carbons (Fsp3) is 0.320. The third-order valence-corrected chi connectivity index (χ3v) is 6.81.